The van der Waals surface area contributed by atoms with E-state index in [2.05, 4.69) is 20.9 Å². The lowest BCUT2D eigenvalue weighted by Gasteiger charge is -2.16. The van der Waals surface area contributed by atoms with Gasteiger partial charge in [-0.3, -0.25) is 9.78 Å². The Labute approximate surface area is 158 Å². The minimum absolute atomic E-state index is 0.175. The Hall–Kier alpha value is -2.93. The van der Waals surface area contributed by atoms with Crippen molar-refractivity contribution in [1.82, 2.24) is 15.6 Å². The molecule has 1 heterocycles. The summed E-state index contributed by atoms with van der Waals surface area (Å²) in [6.45, 7) is 0.334. The van der Waals surface area contributed by atoms with Gasteiger partial charge in [0.05, 0.1) is 0 Å². The van der Waals surface area contributed by atoms with Crippen LogP contribution >= 0.6 is 0 Å². The van der Waals surface area contributed by atoms with Crippen LogP contribution in [-0.2, 0) is 0 Å². The van der Waals surface area contributed by atoms with Crippen LogP contribution < -0.4 is 21.7 Å². The highest BCUT2D eigenvalue weighted by atomic mass is 16.2. The number of carbonyl (C=O) groups excluding carboxylic acids is 2. The number of carbonyl (C=O) groups is 2. The maximum absolute atomic E-state index is 12.2. The van der Waals surface area contributed by atoms with Crippen LogP contribution in [-0.4, -0.2) is 29.5 Å². The smallest absolute Gasteiger partial charge is 0.315 e. The number of urea groups is 1. The first-order chi connectivity index (χ1) is 13.1. The number of nitrogens with zero attached hydrogens (tertiary/aromatic N) is 1. The minimum Gasteiger partial charge on any atom is -0.336 e. The van der Waals surface area contributed by atoms with E-state index in [0.29, 0.717) is 17.8 Å². The van der Waals surface area contributed by atoms with Crippen molar-refractivity contribution in [2.45, 2.75) is 37.8 Å². The summed E-state index contributed by atoms with van der Waals surface area (Å²) in [6, 6.07) is 10.3. The molecule has 0 aliphatic heterocycles. The summed E-state index contributed by atoms with van der Waals surface area (Å²) in [6.07, 6.45) is 7.67. The molecule has 5 N–H and O–H groups in total. The Morgan fingerprint density at radius 2 is 1.74 bits per heavy atom. The van der Waals surface area contributed by atoms with Gasteiger partial charge in [-0.05, 0) is 42.7 Å². The van der Waals surface area contributed by atoms with Gasteiger partial charge >= 0.3 is 6.03 Å². The Morgan fingerprint density at radius 3 is 2.41 bits per heavy atom. The Morgan fingerprint density at radius 1 is 1.07 bits per heavy atom. The molecule has 142 valence electrons. The highest BCUT2D eigenvalue weighted by molar-refractivity contribution is 6.04. The van der Waals surface area contributed by atoms with Gasteiger partial charge in [-0.25, -0.2) is 4.79 Å². The zero-order valence-electron chi connectivity index (χ0n) is 15.2. The van der Waals surface area contributed by atoms with Gasteiger partial charge in [-0.15, -0.1) is 0 Å². The minimum atomic E-state index is -0.336. The van der Waals surface area contributed by atoms with Crippen molar-refractivity contribution >= 4 is 17.6 Å². The standard InChI is InChI=1S/C20H25N5O2/c21-18(13-23-20(27)25-16-3-1-2-4-16)14-5-7-15(8-6-14)19(26)24-17-9-11-22-12-10-17/h5-12,16,18H,1-4,13,21H2,(H,22,24,26)(H2,23,25,27). The summed E-state index contributed by atoms with van der Waals surface area (Å²) in [5, 5.41) is 8.59. The molecule has 1 fully saturated rings. The molecule has 0 spiro atoms. The molecule has 1 atom stereocenters. The molecule has 0 radical (unpaired) electrons. The van der Waals surface area contributed by atoms with E-state index >= 15 is 0 Å². The van der Waals surface area contributed by atoms with Crippen LogP contribution in [0.15, 0.2) is 48.8 Å². The predicted octanol–water partition coefficient (Wildman–Crippen LogP) is 2.58. The largest absolute Gasteiger partial charge is 0.336 e. The normalized spacial score (nSPS) is 15.1. The highest BCUT2D eigenvalue weighted by Crippen LogP contribution is 2.17. The number of anilines is 1. The van der Waals surface area contributed by atoms with E-state index in [1.165, 1.54) is 12.8 Å². The molecule has 7 nitrogen and oxygen atoms in total. The molecule has 1 saturated carbocycles. The summed E-state index contributed by atoms with van der Waals surface area (Å²) in [5.41, 5.74) is 8.23. The molecule has 3 rings (SSSR count). The fourth-order valence-electron chi connectivity index (χ4n) is 3.15. The lowest BCUT2D eigenvalue weighted by molar-refractivity contribution is 0.102. The Bertz CT molecular complexity index is 758. The van der Waals surface area contributed by atoms with E-state index in [1.54, 1.807) is 36.7 Å². The summed E-state index contributed by atoms with van der Waals surface area (Å²) >= 11 is 0. The van der Waals surface area contributed by atoms with E-state index in [4.69, 9.17) is 5.73 Å². The summed E-state index contributed by atoms with van der Waals surface area (Å²) in [4.78, 5) is 28.1. The van der Waals surface area contributed by atoms with Gasteiger partial charge in [0.1, 0.15) is 0 Å². The van der Waals surface area contributed by atoms with Gasteiger partial charge in [0.25, 0.3) is 5.91 Å². The van der Waals surface area contributed by atoms with Crippen LogP contribution in [0.3, 0.4) is 0 Å². The van der Waals surface area contributed by atoms with Crippen LogP contribution in [0.1, 0.15) is 47.6 Å². The molecule has 0 saturated heterocycles. The molecule has 1 unspecified atom stereocenters. The van der Waals surface area contributed by atoms with Crippen molar-refractivity contribution in [3.8, 4) is 0 Å². The molecule has 1 aliphatic carbocycles. The number of nitrogens with one attached hydrogen (secondary N) is 3. The fraction of sp³-hybridized carbons (Fsp3) is 0.350. The third-order valence-corrected chi connectivity index (χ3v) is 4.71. The van der Waals surface area contributed by atoms with Gasteiger partial charge in [-0.1, -0.05) is 25.0 Å². The number of nitrogens with two attached hydrogens (primary N) is 1. The van der Waals surface area contributed by atoms with Gasteiger partial charge in [0, 0.05) is 42.3 Å². The predicted molar refractivity (Wildman–Crippen MR) is 104 cm³/mol. The molecule has 3 amide bonds. The van der Waals surface area contributed by atoms with E-state index in [1.807, 2.05) is 12.1 Å². The second kappa shape index (κ2) is 9.14. The Kier molecular flexibility index (Phi) is 6.38. The van der Waals surface area contributed by atoms with Crippen molar-refractivity contribution in [2.75, 3.05) is 11.9 Å². The second-order valence-electron chi connectivity index (χ2n) is 6.75. The lowest BCUT2D eigenvalue weighted by atomic mass is 10.1. The number of amides is 3. The quantitative estimate of drug-likeness (QED) is 0.629. The van der Waals surface area contributed by atoms with Gasteiger partial charge in [-0.2, -0.15) is 0 Å². The van der Waals surface area contributed by atoms with Crippen LogP contribution in [0.2, 0.25) is 0 Å². The molecule has 1 aromatic heterocycles. The van der Waals surface area contributed by atoms with Crippen molar-refractivity contribution in [3.63, 3.8) is 0 Å². The molecule has 7 heteroatoms. The van der Waals surface area contributed by atoms with E-state index in [9.17, 15) is 9.59 Å². The average Bonchev–Trinajstić information content (AvgIpc) is 3.20. The van der Waals surface area contributed by atoms with Crippen LogP contribution in [0.5, 0.6) is 0 Å². The topological polar surface area (TPSA) is 109 Å². The van der Waals surface area contributed by atoms with Crippen molar-refractivity contribution in [1.29, 1.82) is 0 Å². The monoisotopic (exact) mass is 367 g/mol. The maximum atomic E-state index is 12.2. The molecular weight excluding hydrogens is 342 g/mol. The molecule has 1 aromatic carbocycles. The first kappa shape index (κ1) is 18.8. The van der Waals surface area contributed by atoms with Crippen molar-refractivity contribution < 1.29 is 9.59 Å². The number of pyridine rings is 1. The van der Waals surface area contributed by atoms with Crippen LogP contribution in [0.25, 0.3) is 0 Å². The third kappa shape index (κ3) is 5.52. The zero-order chi connectivity index (χ0) is 19.1. The molecule has 2 aromatic rings. The second-order valence-corrected chi connectivity index (χ2v) is 6.75. The summed E-state index contributed by atoms with van der Waals surface area (Å²) in [7, 11) is 0. The molecule has 27 heavy (non-hydrogen) atoms. The average molecular weight is 367 g/mol. The SMILES string of the molecule is NC(CNC(=O)NC1CCCC1)c1ccc(C(=O)Nc2ccncc2)cc1. The number of rotatable bonds is 6. The van der Waals surface area contributed by atoms with Crippen LogP contribution in [0.4, 0.5) is 10.5 Å². The number of hydrogen-bond acceptors (Lipinski definition) is 4. The van der Waals surface area contributed by atoms with Crippen LogP contribution in [0, 0.1) is 0 Å². The third-order valence-electron chi connectivity index (χ3n) is 4.71. The van der Waals surface area contributed by atoms with E-state index in [-0.39, 0.29) is 24.0 Å². The summed E-state index contributed by atoms with van der Waals surface area (Å²) in [5.74, 6) is -0.199. The maximum Gasteiger partial charge on any atom is 0.315 e. The zero-order valence-corrected chi connectivity index (χ0v) is 15.2. The van der Waals surface area contributed by atoms with Crippen molar-refractivity contribution in [3.05, 3.63) is 59.9 Å². The Balaban J connectivity index is 1.48. The first-order valence-corrected chi connectivity index (χ1v) is 9.23. The highest BCUT2D eigenvalue weighted by Gasteiger charge is 2.17. The number of aromatic nitrogens is 1. The molecule has 1 aliphatic rings. The summed E-state index contributed by atoms with van der Waals surface area (Å²) < 4.78 is 0. The molecule has 0 bridgehead atoms. The van der Waals surface area contributed by atoms with E-state index in [0.717, 1.165) is 18.4 Å². The first-order valence-electron chi connectivity index (χ1n) is 9.23. The van der Waals surface area contributed by atoms with Gasteiger partial charge in [0.15, 0.2) is 0 Å². The lowest BCUT2D eigenvalue weighted by Crippen LogP contribution is -2.43. The van der Waals surface area contributed by atoms with Gasteiger partial charge < -0.3 is 21.7 Å². The van der Waals surface area contributed by atoms with Gasteiger partial charge in [0.2, 0.25) is 0 Å². The number of hydrogen-bond donors (Lipinski definition) is 4. The molecular formula is C20H25N5O2. The fourth-order valence-corrected chi connectivity index (χ4v) is 3.15. The number of benzene rings is 1. The van der Waals surface area contributed by atoms with Crippen molar-refractivity contribution in [2.24, 2.45) is 5.73 Å². The van der Waals surface area contributed by atoms with E-state index < -0.39 is 0 Å².